The second-order valence-corrected chi connectivity index (χ2v) is 4.31. The molecule has 1 unspecified atom stereocenters. The van der Waals surface area contributed by atoms with Crippen molar-refractivity contribution in [3.05, 3.63) is 47.0 Å². The molecular formula is C13H11ClO2. The average molecular weight is 235 g/mol. The van der Waals surface area contributed by atoms with E-state index in [1.807, 2.05) is 0 Å². The lowest BCUT2D eigenvalue weighted by Gasteiger charge is -2.15. The Morgan fingerprint density at radius 1 is 1.25 bits per heavy atom. The summed E-state index contributed by atoms with van der Waals surface area (Å²) in [5, 5.41) is 0.608. The quantitative estimate of drug-likeness (QED) is 0.737. The fourth-order valence-corrected chi connectivity index (χ4v) is 1.93. The molecule has 1 aliphatic rings. The number of ketones is 2. The number of Topliss-reactive ketones (excluding diaryl/α,β-unsaturated/α-hetero) is 1. The maximum absolute atomic E-state index is 12.0. The number of carbonyl (C=O) groups is 2. The van der Waals surface area contributed by atoms with Gasteiger partial charge in [0.05, 0.1) is 0 Å². The maximum Gasteiger partial charge on any atom is 0.166 e. The molecule has 0 aliphatic heterocycles. The molecule has 0 spiro atoms. The van der Waals surface area contributed by atoms with Crippen LogP contribution in [-0.4, -0.2) is 11.6 Å². The Balaban J connectivity index is 2.16. The standard InChI is InChI=1S/C13H11ClO2/c14-11-6-4-9(5-7-11)13(16)10-2-1-3-12(15)8-10/h1,3-7,10H,2,8H2. The normalized spacial score (nSPS) is 19.8. The van der Waals surface area contributed by atoms with Gasteiger partial charge >= 0.3 is 0 Å². The monoisotopic (exact) mass is 234 g/mol. The molecule has 0 fully saturated rings. The number of carbonyl (C=O) groups excluding carboxylic acids is 2. The molecule has 0 radical (unpaired) electrons. The Morgan fingerprint density at radius 2 is 1.94 bits per heavy atom. The van der Waals surface area contributed by atoms with Crippen molar-refractivity contribution >= 4 is 23.2 Å². The summed E-state index contributed by atoms with van der Waals surface area (Å²) >= 11 is 5.75. The van der Waals surface area contributed by atoms with Crippen LogP contribution in [0.25, 0.3) is 0 Å². The Labute approximate surface area is 98.9 Å². The van der Waals surface area contributed by atoms with Crippen LogP contribution in [0.15, 0.2) is 36.4 Å². The zero-order valence-electron chi connectivity index (χ0n) is 8.65. The topological polar surface area (TPSA) is 34.1 Å². The van der Waals surface area contributed by atoms with Crippen LogP contribution in [0.3, 0.4) is 0 Å². The first-order valence-corrected chi connectivity index (χ1v) is 5.54. The van der Waals surface area contributed by atoms with E-state index in [1.54, 1.807) is 36.4 Å². The van der Waals surface area contributed by atoms with Gasteiger partial charge in [-0.1, -0.05) is 17.7 Å². The van der Waals surface area contributed by atoms with Crippen molar-refractivity contribution in [2.45, 2.75) is 12.8 Å². The number of hydrogen-bond donors (Lipinski definition) is 0. The van der Waals surface area contributed by atoms with Gasteiger partial charge in [0.15, 0.2) is 11.6 Å². The van der Waals surface area contributed by atoms with Gasteiger partial charge in [0, 0.05) is 22.9 Å². The molecule has 16 heavy (non-hydrogen) atoms. The summed E-state index contributed by atoms with van der Waals surface area (Å²) in [5.41, 5.74) is 0.623. The lowest BCUT2D eigenvalue weighted by molar-refractivity contribution is -0.115. The number of rotatable bonds is 2. The highest BCUT2D eigenvalue weighted by Gasteiger charge is 2.23. The minimum Gasteiger partial charge on any atom is -0.295 e. The third-order valence-corrected chi connectivity index (χ3v) is 2.92. The predicted octanol–water partition coefficient (Wildman–Crippen LogP) is 3.06. The highest BCUT2D eigenvalue weighted by molar-refractivity contribution is 6.30. The van der Waals surface area contributed by atoms with Crippen molar-refractivity contribution < 1.29 is 9.59 Å². The number of benzene rings is 1. The summed E-state index contributed by atoms with van der Waals surface area (Å²) in [5.74, 6) is -0.161. The Morgan fingerprint density at radius 3 is 2.56 bits per heavy atom. The van der Waals surface area contributed by atoms with E-state index >= 15 is 0 Å². The van der Waals surface area contributed by atoms with Gasteiger partial charge in [-0.05, 0) is 36.8 Å². The van der Waals surface area contributed by atoms with Gasteiger partial charge in [-0.25, -0.2) is 0 Å². The van der Waals surface area contributed by atoms with E-state index in [0.717, 1.165) is 0 Å². The molecular weight excluding hydrogens is 224 g/mol. The Kier molecular flexibility index (Phi) is 3.20. The van der Waals surface area contributed by atoms with Crippen LogP contribution < -0.4 is 0 Å². The third-order valence-electron chi connectivity index (χ3n) is 2.67. The number of halogens is 1. The number of hydrogen-bond acceptors (Lipinski definition) is 2. The first kappa shape index (κ1) is 11.1. The van der Waals surface area contributed by atoms with Crippen molar-refractivity contribution in [3.63, 3.8) is 0 Å². The molecule has 2 nitrogen and oxygen atoms in total. The summed E-state index contributed by atoms with van der Waals surface area (Å²) in [6.07, 6.45) is 4.28. The van der Waals surface area contributed by atoms with E-state index in [9.17, 15) is 9.59 Å². The second kappa shape index (κ2) is 4.62. The van der Waals surface area contributed by atoms with Crippen LogP contribution in [0.5, 0.6) is 0 Å². The minimum absolute atomic E-state index is 0.0226. The van der Waals surface area contributed by atoms with Crippen LogP contribution in [0.2, 0.25) is 5.02 Å². The lowest BCUT2D eigenvalue weighted by Crippen LogP contribution is -2.20. The van der Waals surface area contributed by atoms with Gasteiger partial charge in [0.2, 0.25) is 0 Å². The van der Waals surface area contributed by atoms with E-state index in [2.05, 4.69) is 0 Å². The van der Waals surface area contributed by atoms with Crippen LogP contribution in [-0.2, 0) is 4.79 Å². The van der Waals surface area contributed by atoms with Crippen LogP contribution in [0, 0.1) is 5.92 Å². The molecule has 1 aliphatic carbocycles. The van der Waals surface area contributed by atoms with Crippen LogP contribution in [0.1, 0.15) is 23.2 Å². The zero-order chi connectivity index (χ0) is 11.5. The molecule has 1 aromatic carbocycles. The molecule has 0 saturated carbocycles. The van der Waals surface area contributed by atoms with Crippen LogP contribution in [0.4, 0.5) is 0 Å². The van der Waals surface area contributed by atoms with E-state index in [-0.39, 0.29) is 17.5 Å². The van der Waals surface area contributed by atoms with Gasteiger partial charge in [0.25, 0.3) is 0 Å². The third kappa shape index (κ3) is 2.39. The van der Waals surface area contributed by atoms with Crippen molar-refractivity contribution in [2.75, 3.05) is 0 Å². The highest BCUT2D eigenvalue weighted by atomic mass is 35.5. The van der Waals surface area contributed by atoms with Gasteiger partial charge < -0.3 is 0 Å². The van der Waals surface area contributed by atoms with E-state index in [0.29, 0.717) is 23.4 Å². The lowest BCUT2D eigenvalue weighted by atomic mass is 9.87. The Hall–Kier alpha value is -1.41. The summed E-state index contributed by atoms with van der Waals surface area (Å²) < 4.78 is 0. The predicted molar refractivity (Wildman–Crippen MR) is 62.7 cm³/mol. The van der Waals surface area contributed by atoms with Crippen molar-refractivity contribution in [3.8, 4) is 0 Å². The van der Waals surface area contributed by atoms with Gasteiger partial charge in [-0.2, -0.15) is 0 Å². The van der Waals surface area contributed by atoms with Gasteiger partial charge in [-0.15, -0.1) is 0 Å². The number of allylic oxidation sites excluding steroid dienone is 2. The smallest absolute Gasteiger partial charge is 0.166 e. The summed E-state index contributed by atoms with van der Waals surface area (Å²) in [4.78, 5) is 23.2. The largest absolute Gasteiger partial charge is 0.295 e. The molecule has 0 N–H and O–H groups in total. The van der Waals surface area contributed by atoms with Crippen molar-refractivity contribution in [2.24, 2.45) is 5.92 Å². The molecule has 2 rings (SSSR count). The molecule has 0 saturated heterocycles. The van der Waals surface area contributed by atoms with E-state index < -0.39 is 0 Å². The Bertz CT molecular complexity index is 446. The van der Waals surface area contributed by atoms with Crippen molar-refractivity contribution in [1.82, 2.24) is 0 Å². The SMILES string of the molecule is O=C1C=CCC(C(=O)c2ccc(Cl)cc2)C1. The molecule has 3 heteroatoms. The molecule has 1 atom stereocenters. The molecule has 82 valence electrons. The van der Waals surface area contributed by atoms with Gasteiger partial charge in [0.1, 0.15) is 0 Å². The average Bonchev–Trinajstić information content (AvgIpc) is 2.29. The van der Waals surface area contributed by atoms with Crippen LogP contribution >= 0.6 is 11.6 Å². The summed E-state index contributed by atoms with van der Waals surface area (Å²) in [7, 11) is 0. The minimum atomic E-state index is -0.210. The summed E-state index contributed by atoms with van der Waals surface area (Å²) in [6.45, 7) is 0. The maximum atomic E-state index is 12.0. The molecule has 0 bridgehead atoms. The first-order valence-electron chi connectivity index (χ1n) is 5.16. The molecule has 0 heterocycles. The first-order chi connectivity index (χ1) is 7.66. The molecule has 0 amide bonds. The molecule has 0 aromatic heterocycles. The fourth-order valence-electron chi connectivity index (χ4n) is 1.81. The van der Waals surface area contributed by atoms with Crippen molar-refractivity contribution in [1.29, 1.82) is 0 Å². The highest BCUT2D eigenvalue weighted by Crippen LogP contribution is 2.21. The van der Waals surface area contributed by atoms with Gasteiger partial charge in [-0.3, -0.25) is 9.59 Å². The zero-order valence-corrected chi connectivity index (χ0v) is 9.41. The molecule has 1 aromatic rings. The van der Waals surface area contributed by atoms with E-state index in [4.69, 9.17) is 11.6 Å². The summed E-state index contributed by atoms with van der Waals surface area (Å²) in [6, 6.07) is 6.78. The second-order valence-electron chi connectivity index (χ2n) is 3.88. The fraction of sp³-hybridized carbons (Fsp3) is 0.231. The van der Waals surface area contributed by atoms with E-state index in [1.165, 1.54) is 0 Å².